The number of amides is 6. The first-order valence-corrected chi connectivity index (χ1v) is 21.6. The molecule has 0 aliphatic carbocycles. The first-order valence-electron chi connectivity index (χ1n) is 20.8. The predicted octanol–water partition coefficient (Wildman–Crippen LogP) is 10.6. The number of nitrogens with zero attached hydrogens (tertiary/aromatic N) is 4. The molecular formula is C48H59BrN4O9. The highest BCUT2D eigenvalue weighted by Gasteiger charge is 2.42. The zero-order chi connectivity index (χ0) is 46.3. The van der Waals surface area contributed by atoms with Crippen molar-refractivity contribution in [2.45, 2.75) is 137 Å². The maximum Gasteiger partial charge on any atom is 0.424 e. The number of phenols is 1. The topological polar surface area (TPSA) is 165 Å². The van der Waals surface area contributed by atoms with E-state index >= 15 is 0 Å². The van der Waals surface area contributed by atoms with E-state index in [1.165, 1.54) is 28.9 Å². The van der Waals surface area contributed by atoms with Gasteiger partial charge in [-0.3, -0.25) is 19.2 Å². The van der Waals surface area contributed by atoms with Crippen LogP contribution >= 0.6 is 15.9 Å². The third-order valence-corrected chi connectivity index (χ3v) is 10.5. The molecule has 332 valence electrons. The molecule has 6 rings (SSSR count). The average Bonchev–Trinajstić information content (AvgIpc) is 3.60. The monoisotopic (exact) mass is 914 g/mol. The van der Waals surface area contributed by atoms with Crippen LogP contribution < -0.4 is 0 Å². The standard InChI is InChI=1S/C16H18BrNO4.C16H22N2.C16H19NO5/c1-16(2,3)22-15(21)18-13(19)9-8-12(14(18)20)10-4-6-11(17)7-5-10;1-11(2)14-7-6-8-15(12(3)4)16(14)18-10-9-17-13(18)5;1-16(2,3)22-15(21)17-13(19)9-8-12(14(17)20)10-4-6-11(18)7-5-10/h4-7,12H,8-9H2,1-3H3;6-12H,1-5H3;4-7,12,18H,8-9H2,1-3H3. The molecule has 3 heterocycles. The van der Waals surface area contributed by atoms with Crippen molar-refractivity contribution >= 4 is 51.7 Å². The molecule has 6 amide bonds. The minimum absolute atomic E-state index is 0.0899. The van der Waals surface area contributed by atoms with Crippen LogP contribution in [0.25, 0.3) is 5.69 Å². The van der Waals surface area contributed by atoms with Crippen LogP contribution in [-0.2, 0) is 28.7 Å². The molecule has 0 saturated carbocycles. The molecular weight excluding hydrogens is 856 g/mol. The second-order valence-electron chi connectivity index (χ2n) is 17.9. The number of para-hydroxylation sites is 1. The molecule has 0 bridgehead atoms. The van der Waals surface area contributed by atoms with Crippen LogP contribution in [0.1, 0.15) is 147 Å². The number of likely N-dealkylation sites (tertiary alicyclic amines) is 2. The first-order chi connectivity index (χ1) is 28.9. The maximum atomic E-state index is 12.5. The SMILES string of the molecule is CC(C)(C)OC(=O)N1C(=O)CCC(c2ccc(Br)cc2)C1=O.CC(C)(C)OC(=O)N1C(=O)CCC(c2ccc(O)cc2)C1=O.Cc1nccn1-c1c(C(C)C)cccc1C(C)C. The summed E-state index contributed by atoms with van der Waals surface area (Å²) >= 11 is 3.34. The molecule has 2 fully saturated rings. The van der Waals surface area contributed by atoms with Gasteiger partial charge in [0.25, 0.3) is 0 Å². The van der Waals surface area contributed by atoms with E-state index in [0.29, 0.717) is 40.0 Å². The van der Waals surface area contributed by atoms with Gasteiger partial charge in [0.2, 0.25) is 23.6 Å². The molecule has 2 atom stereocenters. The maximum absolute atomic E-state index is 12.5. The van der Waals surface area contributed by atoms with Gasteiger partial charge in [-0.25, -0.2) is 14.6 Å². The van der Waals surface area contributed by atoms with Gasteiger partial charge >= 0.3 is 12.2 Å². The molecule has 1 aromatic heterocycles. The summed E-state index contributed by atoms with van der Waals surface area (Å²) < 4.78 is 13.4. The largest absolute Gasteiger partial charge is 0.508 e. The molecule has 0 spiro atoms. The van der Waals surface area contributed by atoms with E-state index in [4.69, 9.17) is 9.47 Å². The van der Waals surface area contributed by atoms with Crippen LogP contribution in [0.5, 0.6) is 5.75 Å². The summed E-state index contributed by atoms with van der Waals surface area (Å²) in [6.45, 7) is 21.1. The van der Waals surface area contributed by atoms with E-state index in [1.807, 2.05) is 30.5 Å². The number of hydrogen-bond acceptors (Lipinski definition) is 10. The van der Waals surface area contributed by atoms with Gasteiger partial charge in [-0.2, -0.15) is 9.80 Å². The average molecular weight is 916 g/mol. The highest BCUT2D eigenvalue weighted by Crippen LogP contribution is 2.34. The van der Waals surface area contributed by atoms with Crippen molar-refractivity contribution in [1.82, 2.24) is 19.4 Å². The lowest BCUT2D eigenvalue weighted by Crippen LogP contribution is -2.49. The summed E-state index contributed by atoms with van der Waals surface area (Å²) in [6.07, 6.45) is 3.07. The second-order valence-corrected chi connectivity index (χ2v) is 18.8. The van der Waals surface area contributed by atoms with E-state index in [-0.39, 0.29) is 18.6 Å². The fourth-order valence-corrected chi connectivity index (χ4v) is 7.25. The normalized spacial score (nSPS) is 17.0. The minimum atomic E-state index is -0.939. The van der Waals surface area contributed by atoms with Gasteiger partial charge in [-0.05, 0) is 120 Å². The van der Waals surface area contributed by atoms with E-state index in [2.05, 4.69) is 84.5 Å². The highest BCUT2D eigenvalue weighted by atomic mass is 79.9. The summed E-state index contributed by atoms with van der Waals surface area (Å²) in [4.78, 5) is 78.7. The Morgan fingerprint density at radius 1 is 0.694 bits per heavy atom. The Balaban J connectivity index is 0.000000206. The molecule has 2 aliphatic rings. The number of imidazole rings is 1. The smallest absolute Gasteiger partial charge is 0.424 e. The number of hydrogen-bond donors (Lipinski definition) is 1. The molecule has 2 unspecified atom stereocenters. The number of carbonyl (C=O) groups is 6. The van der Waals surface area contributed by atoms with Crippen molar-refractivity contribution in [2.75, 3.05) is 0 Å². The fourth-order valence-electron chi connectivity index (χ4n) is 6.99. The summed E-state index contributed by atoms with van der Waals surface area (Å²) in [5.41, 5.74) is 3.99. The summed E-state index contributed by atoms with van der Waals surface area (Å²) in [7, 11) is 0. The van der Waals surface area contributed by atoms with Crippen LogP contribution in [0.15, 0.2) is 83.6 Å². The lowest BCUT2D eigenvalue weighted by molar-refractivity contribution is -0.149. The number of aryl methyl sites for hydroxylation is 1. The number of phenolic OH excluding ortho intramolecular Hbond substituents is 1. The molecule has 62 heavy (non-hydrogen) atoms. The fraction of sp³-hybridized carbons (Fsp3) is 0.438. The number of benzene rings is 3. The molecule has 3 aromatic carbocycles. The third kappa shape index (κ3) is 12.7. The van der Waals surface area contributed by atoms with E-state index in [0.717, 1.165) is 15.9 Å². The van der Waals surface area contributed by atoms with Gasteiger partial charge in [0.05, 0.1) is 17.5 Å². The van der Waals surface area contributed by atoms with E-state index < -0.39 is 58.9 Å². The highest BCUT2D eigenvalue weighted by molar-refractivity contribution is 9.10. The predicted molar refractivity (Wildman–Crippen MR) is 239 cm³/mol. The zero-order valence-electron chi connectivity index (χ0n) is 37.5. The van der Waals surface area contributed by atoms with Gasteiger partial charge in [-0.15, -0.1) is 0 Å². The van der Waals surface area contributed by atoms with E-state index in [1.54, 1.807) is 53.7 Å². The molecule has 1 N–H and O–H groups in total. The number of halogens is 1. The third-order valence-electron chi connectivity index (χ3n) is 9.96. The Labute approximate surface area is 372 Å². The van der Waals surface area contributed by atoms with Crippen molar-refractivity contribution in [3.05, 3.63) is 112 Å². The number of carbonyl (C=O) groups excluding carboxylic acids is 6. The minimum Gasteiger partial charge on any atom is -0.508 e. The summed E-state index contributed by atoms with van der Waals surface area (Å²) in [6, 6.07) is 20.1. The van der Waals surface area contributed by atoms with Crippen LogP contribution in [0.4, 0.5) is 9.59 Å². The molecule has 0 radical (unpaired) electrons. The lowest BCUT2D eigenvalue weighted by Gasteiger charge is -2.31. The Bertz CT molecular complexity index is 2120. The van der Waals surface area contributed by atoms with Crippen LogP contribution in [-0.4, -0.2) is 71.5 Å². The number of piperidine rings is 2. The lowest BCUT2D eigenvalue weighted by atomic mass is 9.89. The van der Waals surface area contributed by atoms with Crippen LogP contribution in [0.3, 0.4) is 0 Å². The number of aromatic hydroxyl groups is 1. The van der Waals surface area contributed by atoms with Gasteiger partial charge < -0.3 is 19.1 Å². The van der Waals surface area contributed by atoms with E-state index in [9.17, 15) is 33.9 Å². The second kappa shape index (κ2) is 20.5. The summed E-state index contributed by atoms with van der Waals surface area (Å²) in [5.74, 6) is -1.09. The Morgan fingerprint density at radius 3 is 1.45 bits per heavy atom. The zero-order valence-corrected chi connectivity index (χ0v) is 39.1. The molecule has 4 aromatic rings. The summed E-state index contributed by atoms with van der Waals surface area (Å²) in [5, 5.41) is 9.31. The number of rotatable bonds is 5. The quantitative estimate of drug-likeness (QED) is 0.190. The Kier molecular flexibility index (Phi) is 16.2. The van der Waals surface area contributed by atoms with Gasteiger partial charge in [-0.1, -0.05) is 86.1 Å². The van der Waals surface area contributed by atoms with Gasteiger partial charge in [0, 0.05) is 29.7 Å². The molecule has 2 saturated heterocycles. The van der Waals surface area contributed by atoms with Crippen molar-refractivity contribution < 1.29 is 43.3 Å². The Morgan fingerprint density at radius 2 is 1.10 bits per heavy atom. The van der Waals surface area contributed by atoms with Gasteiger partial charge in [0.1, 0.15) is 22.8 Å². The number of ether oxygens (including phenoxy) is 2. The van der Waals surface area contributed by atoms with Crippen molar-refractivity contribution in [2.24, 2.45) is 0 Å². The van der Waals surface area contributed by atoms with Crippen molar-refractivity contribution in [3.8, 4) is 11.4 Å². The van der Waals surface area contributed by atoms with Crippen molar-refractivity contribution in [3.63, 3.8) is 0 Å². The van der Waals surface area contributed by atoms with Gasteiger partial charge in [0.15, 0.2) is 0 Å². The Hall–Kier alpha value is -5.63. The molecule has 2 aliphatic heterocycles. The van der Waals surface area contributed by atoms with Crippen LogP contribution in [0, 0.1) is 6.92 Å². The molecule has 14 heteroatoms. The number of imide groups is 6. The number of aromatic nitrogens is 2. The van der Waals surface area contributed by atoms with Crippen molar-refractivity contribution in [1.29, 1.82) is 0 Å². The first kappa shape index (κ1) is 49.0. The van der Waals surface area contributed by atoms with Crippen LogP contribution in [0.2, 0.25) is 0 Å². The molecule has 13 nitrogen and oxygen atoms in total.